The van der Waals surface area contributed by atoms with Crippen molar-refractivity contribution in [1.82, 2.24) is 14.8 Å². The second-order valence-electron chi connectivity index (χ2n) is 4.35. The maximum atomic E-state index is 4.61. The van der Waals surface area contributed by atoms with Crippen molar-refractivity contribution in [2.24, 2.45) is 0 Å². The molecule has 0 aliphatic carbocycles. The van der Waals surface area contributed by atoms with Gasteiger partial charge in [0.2, 0.25) is 0 Å². The van der Waals surface area contributed by atoms with E-state index in [1.807, 2.05) is 11.3 Å². The molecule has 0 aromatic carbocycles. The molecule has 0 N–H and O–H groups in total. The number of piperazine rings is 1. The van der Waals surface area contributed by atoms with E-state index in [0.717, 1.165) is 31.1 Å². The van der Waals surface area contributed by atoms with E-state index in [0.29, 0.717) is 0 Å². The van der Waals surface area contributed by atoms with E-state index in [1.54, 1.807) is 0 Å². The second-order valence-corrected chi connectivity index (χ2v) is 5.84. The third-order valence-corrected chi connectivity index (χ3v) is 4.71. The van der Waals surface area contributed by atoms with Crippen LogP contribution in [0.25, 0.3) is 0 Å². The minimum Gasteiger partial charge on any atom is -0.304 e. The van der Waals surface area contributed by atoms with Crippen LogP contribution >= 0.6 is 24.0 Å². The van der Waals surface area contributed by atoms with Crippen molar-refractivity contribution in [3.8, 4) is 0 Å². The van der Waals surface area contributed by atoms with Crippen LogP contribution in [0.5, 0.6) is 0 Å². The summed E-state index contributed by atoms with van der Waals surface area (Å²) >= 11 is 6.13. The third-order valence-electron chi connectivity index (χ3n) is 3.04. The summed E-state index contributed by atoms with van der Waals surface area (Å²) in [6.45, 7) is 7.74. The summed E-state index contributed by atoms with van der Waals surface area (Å²) in [4.78, 5) is 10.8. The van der Waals surface area contributed by atoms with Crippen LogP contribution < -0.4 is 0 Å². The molecule has 0 amide bonds. The van der Waals surface area contributed by atoms with Gasteiger partial charge in [0, 0.05) is 36.8 Å². The monoisotopic (exact) mass is 257 g/mol. The lowest BCUT2D eigenvalue weighted by atomic mass is 10.3. The molecule has 0 atom stereocenters. The van der Waals surface area contributed by atoms with Gasteiger partial charge in [-0.3, -0.25) is 4.90 Å². The average molecular weight is 257 g/mol. The Labute approximate surface area is 107 Å². The van der Waals surface area contributed by atoms with Crippen molar-refractivity contribution in [3.05, 3.63) is 15.6 Å². The Bertz CT molecular complexity index is 343. The second kappa shape index (κ2) is 5.49. The SMILES string of the molecule is Cc1nc(CN2CCN(C)CC2)sc1CS. The highest BCUT2D eigenvalue weighted by Gasteiger charge is 2.16. The topological polar surface area (TPSA) is 19.4 Å². The van der Waals surface area contributed by atoms with E-state index in [1.165, 1.54) is 23.0 Å². The molecule has 1 aliphatic heterocycles. The molecule has 5 heteroatoms. The lowest BCUT2D eigenvalue weighted by Gasteiger charge is -2.31. The van der Waals surface area contributed by atoms with Crippen molar-refractivity contribution < 1.29 is 0 Å². The summed E-state index contributed by atoms with van der Waals surface area (Å²) in [5.74, 6) is 0.812. The Kier molecular flexibility index (Phi) is 4.24. The number of thiazole rings is 1. The van der Waals surface area contributed by atoms with Crippen molar-refractivity contribution in [2.75, 3.05) is 33.2 Å². The van der Waals surface area contributed by atoms with Gasteiger partial charge in [-0.05, 0) is 14.0 Å². The first-order valence-corrected chi connectivity index (χ1v) is 7.11. The summed E-state index contributed by atoms with van der Waals surface area (Å²) in [5.41, 5.74) is 1.16. The molecule has 1 fully saturated rings. The van der Waals surface area contributed by atoms with Crippen LogP contribution in [0.2, 0.25) is 0 Å². The number of hydrogen-bond donors (Lipinski definition) is 1. The van der Waals surface area contributed by atoms with Crippen molar-refractivity contribution in [2.45, 2.75) is 19.2 Å². The molecule has 2 heterocycles. The zero-order valence-electron chi connectivity index (χ0n) is 9.94. The van der Waals surface area contributed by atoms with Gasteiger partial charge in [-0.15, -0.1) is 11.3 Å². The third kappa shape index (κ3) is 2.97. The number of aryl methyl sites for hydroxylation is 1. The molecule has 2 rings (SSSR count). The Hall–Kier alpha value is -0.100. The van der Waals surface area contributed by atoms with E-state index in [4.69, 9.17) is 0 Å². The lowest BCUT2D eigenvalue weighted by molar-refractivity contribution is 0.148. The molecule has 1 aromatic heterocycles. The molecule has 0 radical (unpaired) electrons. The molecule has 0 unspecified atom stereocenters. The highest BCUT2D eigenvalue weighted by Crippen LogP contribution is 2.21. The molecule has 1 aromatic rings. The number of nitrogens with zero attached hydrogens (tertiary/aromatic N) is 3. The number of thiol groups is 1. The maximum absolute atomic E-state index is 4.61. The normalized spacial score (nSPS) is 19.2. The first-order valence-electron chi connectivity index (χ1n) is 5.66. The van der Waals surface area contributed by atoms with Gasteiger partial charge in [0.1, 0.15) is 5.01 Å². The number of rotatable bonds is 3. The average Bonchev–Trinajstić information content (AvgIpc) is 2.62. The first-order chi connectivity index (χ1) is 7.69. The predicted octanol–water partition coefficient (Wildman–Crippen LogP) is 1.63. The fourth-order valence-electron chi connectivity index (χ4n) is 1.90. The van der Waals surface area contributed by atoms with Gasteiger partial charge in [0.25, 0.3) is 0 Å². The minimum absolute atomic E-state index is 0.812. The highest BCUT2D eigenvalue weighted by molar-refractivity contribution is 7.79. The Morgan fingerprint density at radius 2 is 2.00 bits per heavy atom. The highest BCUT2D eigenvalue weighted by atomic mass is 32.1. The maximum Gasteiger partial charge on any atom is 0.107 e. The number of aromatic nitrogens is 1. The van der Waals surface area contributed by atoms with Gasteiger partial charge in [-0.2, -0.15) is 12.6 Å². The zero-order valence-corrected chi connectivity index (χ0v) is 11.7. The van der Waals surface area contributed by atoms with Gasteiger partial charge < -0.3 is 4.90 Å². The Balaban J connectivity index is 1.93. The van der Waals surface area contributed by atoms with Gasteiger partial charge in [0.15, 0.2) is 0 Å². The first kappa shape index (κ1) is 12.4. The van der Waals surface area contributed by atoms with Crippen LogP contribution in [0.4, 0.5) is 0 Å². The fraction of sp³-hybridized carbons (Fsp3) is 0.727. The summed E-state index contributed by atoms with van der Waals surface area (Å²) in [5, 5.41) is 1.24. The quantitative estimate of drug-likeness (QED) is 0.831. The van der Waals surface area contributed by atoms with Crippen molar-refractivity contribution in [3.63, 3.8) is 0 Å². The summed E-state index contributed by atoms with van der Waals surface area (Å²) in [6.07, 6.45) is 0. The smallest absolute Gasteiger partial charge is 0.107 e. The van der Waals surface area contributed by atoms with Gasteiger partial charge in [-0.1, -0.05) is 0 Å². The molecule has 3 nitrogen and oxygen atoms in total. The molecule has 0 bridgehead atoms. The predicted molar refractivity (Wildman–Crippen MR) is 72.3 cm³/mol. The van der Waals surface area contributed by atoms with E-state index in [-0.39, 0.29) is 0 Å². The molecule has 90 valence electrons. The van der Waals surface area contributed by atoms with Crippen LogP contribution in [0, 0.1) is 6.92 Å². The minimum atomic E-state index is 0.812. The summed E-state index contributed by atoms with van der Waals surface area (Å²) in [7, 11) is 2.18. The molecular weight excluding hydrogens is 238 g/mol. The van der Waals surface area contributed by atoms with E-state index < -0.39 is 0 Å². The molecule has 1 aliphatic rings. The lowest BCUT2D eigenvalue weighted by Crippen LogP contribution is -2.43. The Morgan fingerprint density at radius 3 is 2.56 bits per heavy atom. The molecular formula is C11H19N3S2. The van der Waals surface area contributed by atoms with E-state index >= 15 is 0 Å². The van der Waals surface area contributed by atoms with Gasteiger partial charge in [-0.25, -0.2) is 4.98 Å². The molecule has 0 spiro atoms. The summed E-state index contributed by atoms with van der Waals surface area (Å²) < 4.78 is 0. The standard InChI is InChI=1S/C11H19N3S2/c1-9-10(8-15)16-11(12-9)7-14-5-3-13(2)4-6-14/h15H,3-8H2,1-2H3. The summed E-state index contributed by atoms with van der Waals surface area (Å²) in [6, 6.07) is 0. The zero-order chi connectivity index (χ0) is 11.5. The van der Waals surface area contributed by atoms with Crippen LogP contribution in [-0.2, 0) is 12.3 Å². The number of likely N-dealkylation sites (N-methyl/N-ethyl adjacent to an activating group) is 1. The van der Waals surface area contributed by atoms with Crippen LogP contribution in [0.3, 0.4) is 0 Å². The van der Waals surface area contributed by atoms with Crippen LogP contribution in [-0.4, -0.2) is 48.0 Å². The molecule has 16 heavy (non-hydrogen) atoms. The van der Waals surface area contributed by atoms with Gasteiger partial charge >= 0.3 is 0 Å². The van der Waals surface area contributed by atoms with E-state index in [9.17, 15) is 0 Å². The fourth-order valence-corrected chi connectivity index (χ4v) is 3.29. The van der Waals surface area contributed by atoms with Crippen molar-refractivity contribution in [1.29, 1.82) is 0 Å². The molecule has 1 saturated heterocycles. The van der Waals surface area contributed by atoms with Gasteiger partial charge in [0.05, 0.1) is 12.2 Å². The van der Waals surface area contributed by atoms with Crippen molar-refractivity contribution >= 4 is 24.0 Å². The largest absolute Gasteiger partial charge is 0.304 e. The van der Waals surface area contributed by atoms with Crippen LogP contribution in [0.1, 0.15) is 15.6 Å². The molecule has 0 saturated carbocycles. The van der Waals surface area contributed by atoms with E-state index in [2.05, 4.69) is 41.4 Å². The Morgan fingerprint density at radius 1 is 1.31 bits per heavy atom. The number of hydrogen-bond acceptors (Lipinski definition) is 5. The van der Waals surface area contributed by atoms with Crippen LogP contribution in [0.15, 0.2) is 0 Å².